The summed E-state index contributed by atoms with van der Waals surface area (Å²) in [4.78, 5) is 0. The van der Waals surface area contributed by atoms with Gasteiger partial charge in [-0.3, -0.25) is 0 Å². The normalized spacial score (nSPS) is 6.00. The van der Waals surface area contributed by atoms with Gasteiger partial charge in [0.05, 0.1) is 0 Å². The van der Waals surface area contributed by atoms with Gasteiger partial charge in [0.1, 0.15) is 0 Å². The summed E-state index contributed by atoms with van der Waals surface area (Å²) in [5, 5.41) is 45.5. The van der Waals surface area contributed by atoms with E-state index in [-0.39, 0.29) is 16.5 Å². The molecule has 0 aliphatic heterocycles. The van der Waals surface area contributed by atoms with Gasteiger partial charge in [0.15, 0.2) is 0 Å². The van der Waals surface area contributed by atoms with Crippen LogP contribution in [0.5, 0.6) is 0 Å². The second kappa shape index (κ2) is 11.2. The molecule has 4 N–H and O–H groups in total. The molecule has 56 valence electrons. The van der Waals surface area contributed by atoms with Crippen molar-refractivity contribution in [2.45, 2.75) is 0 Å². The SMILES string of the molecule is [Ni+2].[O-]B(O)O.[O-]B(O)O. The maximum Gasteiger partial charge on any atom is 2.00 e. The topological polar surface area (TPSA) is 127 Å². The van der Waals surface area contributed by atoms with Crippen LogP contribution in [0.25, 0.3) is 0 Å². The molecule has 0 spiro atoms. The fraction of sp³-hybridized carbons (Fsp3) is 0. The van der Waals surface area contributed by atoms with E-state index in [0.29, 0.717) is 0 Å². The standard InChI is InChI=1S/2BH2O3.Ni/c2*2-1(3)4;/h2*2-3H;/q2*-1;+2. The summed E-state index contributed by atoms with van der Waals surface area (Å²) < 4.78 is 0. The maximum absolute atomic E-state index is 8.64. The van der Waals surface area contributed by atoms with Gasteiger partial charge < -0.3 is 30.1 Å². The van der Waals surface area contributed by atoms with Crippen molar-refractivity contribution in [3.8, 4) is 0 Å². The third-order valence-electron chi connectivity index (χ3n) is 0. The second-order valence-corrected chi connectivity index (χ2v) is 0.653. The number of hydrogen-bond donors (Lipinski definition) is 4. The van der Waals surface area contributed by atoms with E-state index in [1.54, 1.807) is 0 Å². The van der Waals surface area contributed by atoms with Gasteiger partial charge in [-0.15, -0.1) is 0 Å². The Morgan fingerprint density at radius 2 is 0.778 bits per heavy atom. The zero-order chi connectivity index (χ0) is 7.15. The van der Waals surface area contributed by atoms with Crippen LogP contribution in [0, 0.1) is 0 Å². The molecule has 0 saturated heterocycles. The van der Waals surface area contributed by atoms with Gasteiger partial charge in [0, 0.05) is 0 Å². The molecule has 0 radical (unpaired) electrons. The summed E-state index contributed by atoms with van der Waals surface area (Å²) in [7, 11) is -4.83. The Morgan fingerprint density at radius 1 is 0.778 bits per heavy atom. The van der Waals surface area contributed by atoms with Crippen molar-refractivity contribution in [2.75, 3.05) is 0 Å². The average Bonchev–Trinajstić information content (AvgIpc) is 1.25. The van der Waals surface area contributed by atoms with Crippen LogP contribution in [0.1, 0.15) is 0 Å². The van der Waals surface area contributed by atoms with E-state index in [4.69, 9.17) is 30.1 Å². The molecule has 0 saturated carbocycles. The molecule has 0 unspecified atom stereocenters. The Labute approximate surface area is 62.0 Å². The van der Waals surface area contributed by atoms with Gasteiger partial charge in [-0.2, -0.15) is 0 Å². The van der Waals surface area contributed by atoms with Crippen LogP contribution < -0.4 is 10.0 Å². The van der Waals surface area contributed by atoms with E-state index < -0.39 is 14.6 Å². The fourth-order valence-electron chi connectivity index (χ4n) is 0. The van der Waals surface area contributed by atoms with Crippen LogP contribution in [-0.2, 0) is 16.5 Å². The van der Waals surface area contributed by atoms with Crippen molar-refractivity contribution < 1.29 is 46.6 Å². The van der Waals surface area contributed by atoms with E-state index in [9.17, 15) is 0 Å². The Hall–Kier alpha value is 0.383. The summed E-state index contributed by atoms with van der Waals surface area (Å²) in [6, 6.07) is 0. The summed E-state index contributed by atoms with van der Waals surface area (Å²) in [6.07, 6.45) is 0. The van der Waals surface area contributed by atoms with Crippen molar-refractivity contribution in [1.82, 2.24) is 0 Å². The predicted molar refractivity (Wildman–Crippen MR) is 20.4 cm³/mol. The molecule has 0 atom stereocenters. The van der Waals surface area contributed by atoms with E-state index >= 15 is 0 Å². The van der Waals surface area contributed by atoms with Crippen LogP contribution in [-0.4, -0.2) is 34.7 Å². The quantitative estimate of drug-likeness (QED) is 0.276. The molecule has 0 aromatic heterocycles. The van der Waals surface area contributed by atoms with Crippen molar-refractivity contribution in [3.05, 3.63) is 0 Å². The average molecular weight is 180 g/mol. The van der Waals surface area contributed by atoms with Gasteiger partial charge in [0.25, 0.3) is 0 Å². The molecular formula is H4B2NiO6. The van der Waals surface area contributed by atoms with E-state index in [0.717, 1.165) is 0 Å². The van der Waals surface area contributed by atoms with E-state index in [1.165, 1.54) is 0 Å². The van der Waals surface area contributed by atoms with Crippen molar-refractivity contribution in [1.29, 1.82) is 0 Å². The molecule has 0 bridgehead atoms. The molecule has 0 amide bonds. The monoisotopic (exact) mass is 180 g/mol. The second-order valence-electron chi connectivity index (χ2n) is 0.653. The Morgan fingerprint density at radius 3 is 0.778 bits per heavy atom. The first-order valence-electron chi connectivity index (χ1n) is 1.50. The third-order valence-corrected chi connectivity index (χ3v) is 0. The molecule has 0 aliphatic rings. The van der Waals surface area contributed by atoms with E-state index in [1.807, 2.05) is 0 Å². The van der Waals surface area contributed by atoms with Gasteiger partial charge >= 0.3 is 31.1 Å². The van der Waals surface area contributed by atoms with Crippen LogP contribution in [0.3, 0.4) is 0 Å². The Bertz CT molecular complexity index is 26.5. The molecule has 0 aromatic carbocycles. The molecule has 0 fully saturated rings. The van der Waals surface area contributed by atoms with Gasteiger partial charge in [-0.25, -0.2) is 0 Å². The number of hydrogen-bond acceptors (Lipinski definition) is 6. The van der Waals surface area contributed by atoms with Crippen LogP contribution in [0.15, 0.2) is 0 Å². The van der Waals surface area contributed by atoms with Crippen LogP contribution in [0.2, 0.25) is 0 Å². The summed E-state index contributed by atoms with van der Waals surface area (Å²) in [5.41, 5.74) is 0. The van der Waals surface area contributed by atoms with Gasteiger partial charge in [0.2, 0.25) is 0 Å². The van der Waals surface area contributed by atoms with Crippen molar-refractivity contribution >= 4 is 14.6 Å². The summed E-state index contributed by atoms with van der Waals surface area (Å²) >= 11 is 0. The van der Waals surface area contributed by atoms with E-state index in [2.05, 4.69) is 0 Å². The molecular weight excluding hydrogens is 176 g/mol. The zero-order valence-electron chi connectivity index (χ0n) is 4.08. The van der Waals surface area contributed by atoms with Gasteiger partial charge in [-0.05, 0) is 0 Å². The molecule has 0 heterocycles. The smallest absolute Gasteiger partial charge is 0.832 e. The van der Waals surface area contributed by atoms with Crippen molar-refractivity contribution in [3.63, 3.8) is 0 Å². The Kier molecular flexibility index (Phi) is 20.2. The largest absolute Gasteiger partial charge is 2.00 e. The molecule has 6 nitrogen and oxygen atoms in total. The first-order valence-corrected chi connectivity index (χ1v) is 1.50. The fourth-order valence-corrected chi connectivity index (χ4v) is 0. The molecule has 0 aliphatic carbocycles. The molecule has 0 rings (SSSR count). The van der Waals surface area contributed by atoms with Gasteiger partial charge in [-0.1, -0.05) is 0 Å². The van der Waals surface area contributed by atoms with Crippen LogP contribution in [0.4, 0.5) is 0 Å². The minimum Gasteiger partial charge on any atom is -0.832 e. The predicted octanol–water partition coefficient (Wildman–Crippen LogP) is -5.37. The zero-order valence-corrected chi connectivity index (χ0v) is 5.06. The molecule has 0 aromatic rings. The number of rotatable bonds is 0. The van der Waals surface area contributed by atoms with Crippen molar-refractivity contribution in [2.24, 2.45) is 0 Å². The molecule has 9 heavy (non-hydrogen) atoms. The minimum absolute atomic E-state index is 0. The molecule has 9 heteroatoms. The maximum atomic E-state index is 8.64. The summed E-state index contributed by atoms with van der Waals surface area (Å²) in [5.74, 6) is 0. The van der Waals surface area contributed by atoms with Crippen LogP contribution >= 0.6 is 0 Å². The Balaban J connectivity index is -0.0000000720. The first-order chi connectivity index (χ1) is 3.46. The summed E-state index contributed by atoms with van der Waals surface area (Å²) in [6.45, 7) is 0. The first kappa shape index (κ1) is 16.2. The minimum atomic E-state index is -2.42. The third kappa shape index (κ3) is 2320.